The Labute approximate surface area is 475 Å². The van der Waals surface area contributed by atoms with Crippen LogP contribution >= 0.6 is 11.8 Å². The maximum Gasteiger partial charge on any atom is 0.338 e. The molecule has 0 aromatic heterocycles. The second kappa shape index (κ2) is 29.1. The fourth-order valence-electron chi connectivity index (χ4n) is 9.51. The molecule has 8 aromatic carbocycles. The average molecular weight is 1110 g/mol. The van der Waals surface area contributed by atoms with Gasteiger partial charge in [0, 0.05) is 4.90 Å². The average Bonchev–Trinajstić information content (AvgIpc) is 3.55. The van der Waals surface area contributed by atoms with Crippen LogP contribution in [0.1, 0.15) is 53.3 Å². The van der Waals surface area contributed by atoms with Gasteiger partial charge in [-0.15, -0.1) is 0 Å². The predicted octanol–water partition coefficient (Wildman–Crippen LogP) is 11.9. The van der Waals surface area contributed by atoms with Crippen molar-refractivity contribution in [3.05, 3.63) is 282 Å². The van der Waals surface area contributed by atoms with Crippen molar-refractivity contribution in [3.8, 4) is 0 Å². The molecule has 0 unspecified atom stereocenters. The predicted molar refractivity (Wildman–Crippen MR) is 304 cm³/mol. The fraction of sp³-hybridized carbons (Fsp3) is 0.239. The van der Waals surface area contributed by atoms with Gasteiger partial charge in [-0.2, -0.15) is 0 Å². The van der Waals surface area contributed by atoms with Crippen LogP contribution in [0.4, 0.5) is 0 Å². The highest BCUT2D eigenvalue weighted by molar-refractivity contribution is 7.99. The molecule has 2 fully saturated rings. The smallest absolute Gasteiger partial charge is 0.338 e. The summed E-state index contributed by atoms with van der Waals surface area (Å²) >= 11 is 1.25. The Balaban J connectivity index is 1.04. The van der Waals surface area contributed by atoms with Gasteiger partial charge in [0.15, 0.2) is 24.6 Å². The van der Waals surface area contributed by atoms with Crippen molar-refractivity contribution in [1.29, 1.82) is 0 Å². The fourth-order valence-corrected chi connectivity index (χ4v) is 10.6. The summed E-state index contributed by atoms with van der Waals surface area (Å²) in [4.78, 5) is 44.0. The van der Waals surface area contributed by atoms with Crippen LogP contribution in [0.3, 0.4) is 0 Å². The van der Waals surface area contributed by atoms with Crippen LogP contribution in [-0.2, 0) is 73.8 Å². The van der Waals surface area contributed by atoms with Crippen LogP contribution in [0.5, 0.6) is 0 Å². The number of benzene rings is 8. The van der Waals surface area contributed by atoms with Crippen molar-refractivity contribution in [2.45, 2.75) is 91.9 Å². The van der Waals surface area contributed by atoms with E-state index < -0.39 is 78.5 Å². The van der Waals surface area contributed by atoms with Crippen molar-refractivity contribution in [3.63, 3.8) is 0 Å². The van der Waals surface area contributed by atoms with Gasteiger partial charge in [0.25, 0.3) is 0 Å². The Kier molecular flexibility index (Phi) is 20.3. The van der Waals surface area contributed by atoms with Gasteiger partial charge < -0.3 is 47.4 Å². The number of thioether (sulfide) groups is 1. The Morgan fingerprint density at radius 2 is 0.691 bits per heavy atom. The van der Waals surface area contributed by atoms with Gasteiger partial charge in [0.1, 0.15) is 36.0 Å². The van der Waals surface area contributed by atoms with E-state index in [1.54, 1.807) is 91.0 Å². The van der Waals surface area contributed by atoms with Gasteiger partial charge >= 0.3 is 17.9 Å². The zero-order valence-electron chi connectivity index (χ0n) is 44.3. The molecule has 0 radical (unpaired) electrons. The maximum absolute atomic E-state index is 14.5. The van der Waals surface area contributed by atoms with E-state index in [-0.39, 0.29) is 56.3 Å². The molecule has 414 valence electrons. The molecule has 2 heterocycles. The summed E-state index contributed by atoms with van der Waals surface area (Å²) in [6, 6.07) is 73.9. The summed E-state index contributed by atoms with van der Waals surface area (Å²) in [5.41, 5.74) is 3.30. The standard InChI is InChI=1S/C67H62O13S/c68-63(51-33-17-5-18-34-51)78-58-56(77-67(81-54-39-23-8-24-40-54)62(80-65(70)53-37-21-7-22-38-53)60(58)79-64(69)52-35-19-6-20-36-52)46-75-66-61(74-44-50-31-15-4-16-32-50)59(73-43-49-29-13-3-14-30-49)57(72-42-48-27-11-2-12-28-48)55(76-66)45-71-41-47-25-9-1-10-26-47/h1-40,55-62,66-67H,41-46H2/t55-,56-,57-,58-,59+,60+,61+,62-,66+,67+/m1/s1. The van der Waals surface area contributed by atoms with E-state index >= 15 is 0 Å². The Hall–Kier alpha value is -7.76. The third kappa shape index (κ3) is 15.8. The molecule has 0 spiro atoms. The van der Waals surface area contributed by atoms with Crippen molar-refractivity contribution in [2.75, 3.05) is 13.2 Å². The Morgan fingerprint density at radius 3 is 1.15 bits per heavy atom. The van der Waals surface area contributed by atoms with Crippen LogP contribution < -0.4 is 0 Å². The maximum atomic E-state index is 14.5. The molecule has 2 aliphatic heterocycles. The minimum Gasteiger partial charge on any atom is -0.452 e. The van der Waals surface area contributed by atoms with E-state index in [4.69, 9.17) is 47.4 Å². The minimum absolute atomic E-state index is 0.0593. The van der Waals surface area contributed by atoms with E-state index in [0.717, 1.165) is 27.1 Å². The van der Waals surface area contributed by atoms with Crippen LogP contribution in [0.2, 0.25) is 0 Å². The summed E-state index contributed by atoms with van der Waals surface area (Å²) in [6.07, 6.45) is -10.1. The second-order valence-electron chi connectivity index (χ2n) is 19.3. The number of rotatable bonds is 24. The van der Waals surface area contributed by atoms with Crippen molar-refractivity contribution in [2.24, 2.45) is 0 Å². The molecule has 81 heavy (non-hydrogen) atoms. The highest BCUT2D eigenvalue weighted by Gasteiger charge is 2.55. The molecule has 10 atom stereocenters. The molecule has 2 aliphatic rings. The summed E-state index contributed by atoms with van der Waals surface area (Å²) in [6.45, 7) is 0.543. The van der Waals surface area contributed by atoms with E-state index in [1.807, 2.05) is 152 Å². The lowest BCUT2D eigenvalue weighted by Gasteiger charge is -2.47. The molecule has 13 nitrogen and oxygen atoms in total. The lowest BCUT2D eigenvalue weighted by molar-refractivity contribution is -0.335. The first-order chi connectivity index (χ1) is 39.9. The first-order valence-corrected chi connectivity index (χ1v) is 27.8. The van der Waals surface area contributed by atoms with E-state index in [0.29, 0.717) is 0 Å². The molecule has 14 heteroatoms. The topological polar surface area (TPSA) is 144 Å². The zero-order chi connectivity index (χ0) is 55.4. The van der Waals surface area contributed by atoms with Crippen LogP contribution in [0, 0.1) is 0 Å². The SMILES string of the molecule is O=C(O[C@@H]1[C@@H](OC(=O)c2ccccc2)[C@H](Sc2ccccc2)O[C@H](CO[C@H]2O[C@H](COCc3ccccc3)[C@@H](OCc3ccccc3)[C@H](OCc3ccccc3)[C@@H]2OCc2ccccc2)[C@H]1OC(=O)c1ccccc1)c1ccccc1. The molecule has 2 saturated heterocycles. The van der Waals surface area contributed by atoms with Crippen molar-refractivity contribution < 1.29 is 61.8 Å². The molecule has 8 aromatic rings. The van der Waals surface area contributed by atoms with Crippen LogP contribution in [0.25, 0.3) is 0 Å². The third-order valence-electron chi connectivity index (χ3n) is 13.6. The van der Waals surface area contributed by atoms with Gasteiger partial charge in [0.2, 0.25) is 0 Å². The van der Waals surface area contributed by atoms with E-state index in [2.05, 4.69) is 0 Å². The van der Waals surface area contributed by atoms with Gasteiger partial charge in [0.05, 0.1) is 56.3 Å². The van der Waals surface area contributed by atoms with Crippen molar-refractivity contribution >= 4 is 29.7 Å². The molecule has 0 aliphatic carbocycles. The molecule has 0 bridgehead atoms. The number of hydrogen-bond donors (Lipinski definition) is 0. The third-order valence-corrected chi connectivity index (χ3v) is 14.8. The van der Waals surface area contributed by atoms with Gasteiger partial charge in [-0.1, -0.05) is 206 Å². The molecule has 0 saturated carbocycles. The summed E-state index contributed by atoms with van der Waals surface area (Å²) in [5.74, 6) is -2.22. The quantitative estimate of drug-likeness (QED) is 0.0418. The first kappa shape index (κ1) is 56.5. The lowest BCUT2D eigenvalue weighted by Crippen LogP contribution is -2.64. The number of carbonyl (C=O) groups excluding carboxylic acids is 3. The molecule has 0 N–H and O–H groups in total. The molecular formula is C67H62O13S. The summed E-state index contributed by atoms with van der Waals surface area (Å²) in [7, 11) is 0. The normalized spacial score (nSPS) is 22.5. The van der Waals surface area contributed by atoms with E-state index in [1.165, 1.54) is 11.8 Å². The number of ether oxygens (including phenoxy) is 10. The summed E-state index contributed by atoms with van der Waals surface area (Å²) in [5, 5.41) is 0. The van der Waals surface area contributed by atoms with Gasteiger partial charge in [-0.05, 0) is 70.8 Å². The number of carbonyl (C=O) groups is 3. The molecule has 0 amide bonds. The molecule has 10 rings (SSSR count). The van der Waals surface area contributed by atoms with Crippen LogP contribution in [-0.4, -0.2) is 91.7 Å². The monoisotopic (exact) mass is 1110 g/mol. The Bertz CT molecular complexity index is 3150. The molecular weight excluding hydrogens is 1040 g/mol. The van der Waals surface area contributed by atoms with Gasteiger partial charge in [-0.25, -0.2) is 14.4 Å². The minimum atomic E-state index is -1.48. The number of esters is 3. The van der Waals surface area contributed by atoms with Gasteiger partial charge in [-0.3, -0.25) is 0 Å². The highest BCUT2D eigenvalue weighted by atomic mass is 32.2. The highest BCUT2D eigenvalue weighted by Crippen LogP contribution is 2.40. The lowest BCUT2D eigenvalue weighted by atomic mass is 9.97. The summed E-state index contributed by atoms with van der Waals surface area (Å²) < 4.78 is 67.9. The second-order valence-corrected chi connectivity index (χ2v) is 20.5. The zero-order valence-corrected chi connectivity index (χ0v) is 45.1. The van der Waals surface area contributed by atoms with Crippen LogP contribution in [0.15, 0.2) is 248 Å². The van der Waals surface area contributed by atoms with E-state index in [9.17, 15) is 14.4 Å². The number of hydrogen-bond acceptors (Lipinski definition) is 14. The Morgan fingerprint density at radius 1 is 0.333 bits per heavy atom. The first-order valence-electron chi connectivity index (χ1n) is 26.9. The van der Waals surface area contributed by atoms with Crippen molar-refractivity contribution in [1.82, 2.24) is 0 Å². The largest absolute Gasteiger partial charge is 0.452 e.